The Morgan fingerprint density at radius 3 is 2.42 bits per heavy atom. The van der Waals surface area contributed by atoms with Gasteiger partial charge in [0.25, 0.3) is 15.9 Å². The molecule has 0 bridgehead atoms. The summed E-state index contributed by atoms with van der Waals surface area (Å²) in [5.74, 6) is -0.999. The van der Waals surface area contributed by atoms with E-state index in [1.54, 1.807) is 41.8 Å². The van der Waals surface area contributed by atoms with Crippen molar-refractivity contribution in [1.29, 1.82) is 0 Å². The van der Waals surface area contributed by atoms with Crippen LogP contribution in [0.25, 0.3) is 20.8 Å². The van der Waals surface area contributed by atoms with Crippen LogP contribution in [-0.2, 0) is 19.6 Å². The molecule has 202 valence electrons. The van der Waals surface area contributed by atoms with E-state index in [2.05, 4.69) is 6.07 Å². The second kappa shape index (κ2) is 10.4. The number of fused-ring (bicyclic) bond motifs is 1. The molecule has 0 aliphatic carbocycles. The Morgan fingerprint density at radius 2 is 1.73 bits per heavy atom. The van der Waals surface area contributed by atoms with Crippen molar-refractivity contribution >= 4 is 60.4 Å². The summed E-state index contributed by atoms with van der Waals surface area (Å²) in [4.78, 5) is 32.9. The van der Waals surface area contributed by atoms with Gasteiger partial charge >= 0.3 is 0 Å². The number of rotatable bonds is 7. The number of imide groups is 1. The molecular formula is C30H25N3O4S3. The molecule has 2 atom stereocenters. The van der Waals surface area contributed by atoms with Crippen molar-refractivity contribution in [2.45, 2.75) is 36.6 Å². The summed E-state index contributed by atoms with van der Waals surface area (Å²) in [5.41, 5.74) is 4.09. The molecule has 7 nitrogen and oxygen atoms in total. The average Bonchev–Trinajstić information content (AvgIpc) is 3.69. The third-order valence-electron chi connectivity index (χ3n) is 7.04. The lowest BCUT2D eigenvalue weighted by Gasteiger charge is -2.32. The van der Waals surface area contributed by atoms with Gasteiger partial charge in [-0.3, -0.25) is 9.59 Å². The van der Waals surface area contributed by atoms with Crippen molar-refractivity contribution < 1.29 is 18.0 Å². The number of aromatic nitrogens is 1. The Bertz CT molecular complexity index is 1820. The Hall–Kier alpha value is -3.70. The number of amides is 2. The number of carbonyl (C=O) groups excluding carboxylic acids is 2. The van der Waals surface area contributed by atoms with Gasteiger partial charge in [0.15, 0.2) is 0 Å². The van der Waals surface area contributed by atoms with Crippen molar-refractivity contribution in [2.24, 2.45) is 0 Å². The zero-order valence-corrected chi connectivity index (χ0v) is 24.2. The predicted molar refractivity (Wildman–Crippen MR) is 159 cm³/mol. The molecule has 2 unspecified atom stereocenters. The fraction of sp³-hybridized carbons (Fsp3) is 0.167. The predicted octanol–water partition coefficient (Wildman–Crippen LogP) is 6.42. The zero-order chi connectivity index (χ0) is 28.0. The molecule has 0 radical (unpaired) electrons. The molecule has 6 rings (SSSR count). The summed E-state index contributed by atoms with van der Waals surface area (Å²) in [6.45, 7) is 3.79. The van der Waals surface area contributed by atoms with Gasteiger partial charge in [-0.05, 0) is 72.8 Å². The number of hydrogen-bond donors (Lipinski definition) is 0. The molecule has 2 amide bonds. The molecule has 1 aliphatic heterocycles. The van der Waals surface area contributed by atoms with E-state index in [-0.39, 0.29) is 10.6 Å². The normalized spacial score (nSPS) is 16.8. The molecule has 0 spiro atoms. The van der Waals surface area contributed by atoms with E-state index in [0.29, 0.717) is 5.69 Å². The lowest BCUT2D eigenvalue weighted by atomic mass is 10.1. The number of benzene rings is 3. The summed E-state index contributed by atoms with van der Waals surface area (Å²) in [7, 11) is -4.06. The van der Waals surface area contributed by atoms with Gasteiger partial charge in [-0.25, -0.2) is 18.3 Å². The SMILES string of the molecule is Cc1ccc2nc(-c3ccc(N4C(=O)CC(N(C(C)c5ccccc5)S(=O)(=O)c5cccs5)C4=O)cc3)sc2c1. The summed E-state index contributed by atoms with van der Waals surface area (Å²) in [6, 6.07) is 23.7. The van der Waals surface area contributed by atoms with E-state index in [9.17, 15) is 18.0 Å². The van der Waals surface area contributed by atoms with Gasteiger partial charge in [0.2, 0.25) is 5.91 Å². The number of thiophene rings is 1. The standard InChI is InChI=1S/C30H25N3O4S3/c1-19-10-15-24-26(17-19)39-29(31-24)22-11-13-23(14-12-22)32-27(34)18-25(30(32)35)33(20(2)21-7-4-3-5-8-21)40(36,37)28-9-6-16-38-28/h3-17,20,25H,18H2,1-2H3. The number of hydrogen-bond acceptors (Lipinski definition) is 7. The smallest absolute Gasteiger partial charge is 0.253 e. The topological polar surface area (TPSA) is 87.7 Å². The van der Waals surface area contributed by atoms with Gasteiger partial charge in [-0.15, -0.1) is 22.7 Å². The minimum Gasteiger partial charge on any atom is -0.274 e. The molecule has 5 aromatic rings. The largest absolute Gasteiger partial charge is 0.274 e. The first-order valence-corrected chi connectivity index (χ1v) is 15.8. The van der Waals surface area contributed by atoms with Crippen LogP contribution in [0.4, 0.5) is 5.69 Å². The van der Waals surface area contributed by atoms with Crippen LogP contribution in [0, 0.1) is 6.92 Å². The first-order valence-electron chi connectivity index (χ1n) is 12.7. The highest BCUT2D eigenvalue weighted by Gasteiger charge is 2.49. The number of sulfonamides is 1. The fourth-order valence-corrected chi connectivity index (χ4v) is 8.96. The number of aryl methyl sites for hydroxylation is 1. The summed E-state index contributed by atoms with van der Waals surface area (Å²) < 4.78 is 30.1. The lowest BCUT2D eigenvalue weighted by Crippen LogP contribution is -2.46. The summed E-state index contributed by atoms with van der Waals surface area (Å²) >= 11 is 2.67. The Morgan fingerprint density at radius 1 is 0.975 bits per heavy atom. The summed E-state index contributed by atoms with van der Waals surface area (Å²) in [5, 5.41) is 2.52. The van der Waals surface area contributed by atoms with E-state index in [0.717, 1.165) is 48.2 Å². The second-order valence-corrected chi connectivity index (χ2v) is 13.7. The maximum absolute atomic E-state index is 13.8. The number of carbonyl (C=O) groups is 2. The molecular weight excluding hydrogens is 563 g/mol. The van der Waals surface area contributed by atoms with E-state index < -0.39 is 33.9 Å². The fourth-order valence-electron chi connectivity index (χ4n) is 5.03. The first-order chi connectivity index (χ1) is 19.2. The Labute approximate surface area is 240 Å². The van der Waals surface area contributed by atoms with Crippen molar-refractivity contribution in [3.8, 4) is 10.6 Å². The molecule has 3 heterocycles. The molecule has 40 heavy (non-hydrogen) atoms. The third-order valence-corrected chi connectivity index (χ3v) is 11.5. The first kappa shape index (κ1) is 26.5. The van der Waals surface area contributed by atoms with E-state index >= 15 is 0 Å². The van der Waals surface area contributed by atoms with Crippen LogP contribution in [0.3, 0.4) is 0 Å². The highest BCUT2D eigenvalue weighted by Crippen LogP contribution is 2.37. The molecule has 1 fully saturated rings. The van der Waals surface area contributed by atoms with Crippen molar-refractivity contribution in [2.75, 3.05) is 4.90 Å². The minimum absolute atomic E-state index is 0.129. The highest BCUT2D eigenvalue weighted by atomic mass is 32.2. The van der Waals surface area contributed by atoms with E-state index in [1.807, 2.05) is 61.5 Å². The van der Waals surface area contributed by atoms with Gasteiger partial charge in [-0.1, -0.05) is 42.5 Å². The summed E-state index contributed by atoms with van der Waals surface area (Å²) in [6.07, 6.45) is -0.237. The van der Waals surface area contributed by atoms with Crippen LogP contribution in [0.5, 0.6) is 0 Å². The average molecular weight is 588 g/mol. The van der Waals surface area contributed by atoms with Gasteiger partial charge in [0, 0.05) is 11.6 Å². The number of thiazole rings is 1. The van der Waals surface area contributed by atoms with Crippen molar-refractivity contribution in [1.82, 2.24) is 9.29 Å². The van der Waals surface area contributed by atoms with Gasteiger partial charge in [-0.2, -0.15) is 4.31 Å². The van der Waals surface area contributed by atoms with E-state index in [4.69, 9.17) is 4.98 Å². The minimum atomic E-state index is -4.06. The maximum Gasteiger partial charge on any atom is 0.253 e. The van der Waals surface area contributed by atoms with E-state index in [1.165, 1.54) is 10.4 Å². The molecule has 3 aromatic carbocycles. The molecule has 10 heteroatoms. The molecule has 0 N–H and O–H groups in total. The molecule has 1 aliphatic rings. The van der Waals surface area contributed by atoms with Crippen LogP contribution in [0.15, 0.2) is 94.5 Å². The van der Waals surface area contributed by atoms with Crippen LogP contribution in [0.1, 0.15) is 30.5 Å². The van der Waals surface area contributed by atoms with Crippen LogP contribution < -0.4 is 4.90 Å². The zero-order valence-electron chi connectivity index (χ0n) is 21.7. The lowest BCUT2D eigenvalue weighted by molar-refractivity contribution is -0.122. The monoisotopic (exact) mass is 587 g/mol. The Balaban J connectivity index is 1.33. The molecule has 0 saturated carbocycles. The molecule has 1 saturated heterocycles. The number of nitrogens with zero attached hydrogens (tertiary/aromatic N) is 3. The van der Waals surface area contributed by atoms with Crippen molar-refractivity contribution in [3.63, 3.8) is 0 Å². The Kier molecular flexibility index (Phi) is 6.87. The van der Waals surface area contributed by atoms with Crippen LogP contribution in [0.2, 0.25) is 0 Å². The van der Waals surface area contributed by atoms with Crippen LogP contribution in [-0.4, -0.2) is 35.6 Å². The maximum atomic E-state index is 13.8. The molecule has 2 aromatic heterocycles. The van der Waals surface area contributed by atoms with Gasteiger partial charge < -0.3 is 0 Å². The van der Waals surface area contributed by atoms with Gasteiger partial charge in [0.1, 0.15) is 15.3 Å². The van der Waals surface area contributed by atoms with Crippen molar-refractivity contribution in [3.05, 3.63) is 101 Å². The third kappa shape index (κ3) is 4.66. The number of anilines is 1. The van der Waals surface area contributed by atoms with Crippen LogP contribution >= 0.6 is 22.7 Å². The quantitative estimate of drug-likeness (QED) is 0.205. The highest BCUT2D eigenvalue weighted by molar-refractivity contribution is 7.91. The second-order valence-electron chi connectivity index (χ2n) is 9.68. The van der Waals surface area contributed by atoms with Gasteiger partial charge in [0.05, 0.1) is 22.3 Å².